The Balaban J connectivity index is 1.30. The number of ether oxygens (including phenoxy) is 2. The molecule has 2 saturated heterocycles. The van der Waals surface area contributed by atoms with Crippen LogP contribution in [-0.2, 0) is 14.6 Å². The zero-order chi connectivity index (χ0) is 27.1. The summed E-state index contributed by atoms with van der Waals surface area (Å²) in [6.45, 7) is 2.23. The van der Waals surface area contributed by atoms with Gasteiger partial charge in [0.2, 0.25) is 0 Å². The number of fused-ring (bicyclic) bond motifs is 2. The molecule has 4 rings (SSSR count). The Kier molecular flexibility index (Phi) is 9.13. The number of sulfone groups is 1. The molecule has 2 aromatic carbocycles. The minimum absolute atomic E-state index is 0.0131. The number of benzene rings is 2. The maximum atomic E-state index is 12.5. The molecule has 0 aliphatic carbocycles. The minimum Gasteiger partial charge on any atom is -0.508 e. The highest BCUT2D eigenvalue weighted by Gasteiger charge is 2.41. The van der Waals surface area contributed by atoms with E-state index in [9.17, 15) is 18.3 Å². The Labute approximate surface area is 224 Å². The Morgan fingerprint density at radius 3 is 2.34 bits per heavy atom. The maximum Gasteiger partial charge on any atom is 0.409 e. The number of carbonyl (C=O) groups is 1. The van der Waals surface area contributed by atoms with E-state index in [4.69, 9.17) is 14.7 Å². The molecule has 0 aromatic heterocycles. The van der Waals surface area contributed by atoms with Gasteiger partial charge in [-0.3, -0.25) is 4.90 Å². The van der Waals surface area contributed by atoms with Crippen molar-refractivity contribution in [3.63, 3.8) is 0 Å². The first kappa shape index (κ1) is 27.7. The van der Waals surface area contributed by atoms with E-state index in [1.807, 2.05) is 12.1 Å². The fourth-order valence-corrected chi connectivity index (χ4v) is 5.93. The van der Waals surface area contributed by atoms with Gasteiger partial charge in [-0.25, -0.2) is 13.2 Å². The van der Waals surface area contributed by atoms with Gasteiger partial charge in [0.25, 0.3) is 0 Å². The van der Waals surface area contributed by atoms with Gasteiger partial charge in [0.1, 0.15) is 27.4 Å². The lowest BCUT2D eigenvalue weighted by Crippen LogP contribution is -2.55. The molecule has 0 radical (unpaired) electrons. The first-order chi connectivity index (χ1) is 18.2. The summed E-state index contributed by atoms with van der Waals surface area (Å²) in [5.41, 5.74) is 1.59. The van der Waals surface area contributed by atoms with Crippen molar-refractivity contribution < 1.29 is 27.8 Å². The monoisotopic (exact) mass is 541 g/mol. The number of carbonyl (C=O) groups excluding carboxylic acids is 1. The summed E-state index contributed by atoms with van der Waals surface area (Å²) in [6, 6.07) is 16.8. The maximum absolute atomic E-state index is 12.5. The van der Waals surface area contributed by atoms with Crippen LogP contribution in [0.4, 0.5) is 4.79 Å². The standard InChI is InChI=1S/C28H35N3O6S/c1-38(34,35)17-3-16-36-28(33)30-19-23-9-10-24(20-30)31(23)15-2-4-27(22-7-5-21(18-29)6-8-22)37-26-13-11-25(32)12-14-26/h5-8,11-14,23-24,27,32H,2-4,9-10,15-17,19-20H2,1H3. The van der Waals surface area contributed by atoms with Gasteiger partial charge in [0.05, 0.1) is 24.0 Å². The van der Waals surface area contributed by atoms with E-state index < -0.39 is 9.84 Å². The van der Waals surface area contributed by atoms with Crippen LogP contribution in [0.1, 0.15) is 49.3 Å². The fraction of sp³-hybridized carbons (Fsp3) is 0.500. The molecule has 2 aliphatic rings. The van der Waals surface area contributed by atoms with Crippen LogP contribution in [-0.4, -0.2) is 79.8 Å². The average Bonchev–Trinajstić information content (AvgIpc) is 3.12. The van der Waals surface area contributed by atoms with E-state index in [0.717, 1.165) is 37.8 Å². The molecule has 2 aliphatic heterocycles. The summed E-state index contributed by atoms with van der Waals surface area (Å²) in [7, 11) is -3.06. The molecular formula is C28H35N3O6S. The number of nitriles is 1. The molecule has 10 heteroatoms. The average molecular weight is 542 g/mol. The molecule has 0 saturated carbocycles. The molecule has 204 valence electrons. The van der Waals surface area contributed by atoms with Crippen LogP contribution in [0.5, 0.6) is 11.5 Å². The van der Waals surface area contributed by atoms with E-state index in [1.165, 1.54) is 6.26 Å². The third kappa shape index (κ3) is 7.62. The van der Waals surface area contributed by atoms with Crippen molar-refractivity contribution in [3.05, 3.63) is 59.7 Å². The van der Waals surface area contributed by atoms with Crippen LogP contribution in [0, 0.1) is 11.3 Å². The highest BCUT2D eigenvalue weighted by atomic mass is 32.2. The third-order valence-corrected chi connectivity index (χ3v) is 8.22. The smallest absolute Gasteiger partial charge is 0.409 e. The van der Waals surface area contributed by atoms with Crippen LogP contribution in [0.2, 0.25) is 0 Å². The molecule has 2 fully saturated rings. The highest BCUT2D eigenvalue weighted by Crippen LogP contribution is 2.32. The largest absolute Gasteiger partial charge is 0.508 e. The second-order valence-corrected chi connectivity index (χ2v) is 12.4. The quantitative estimate of drug-likeness (QED) is 0.426. The van der Waals surface area contributed by atoms with E-state index in [0.29, 0.717) is 30.8 Å². The summed E-state index contributed by atoms with van der Waals surface area (Å²) in [4.78, 5) is 16.8. The zero-order valence-electron chi connectivity index (χ0n) is 21.7. The van der Waals surface area contributed by atoms with Gasteiger partial charge in [0.15, 0.2) is 0 Å². The van der Waals surface area contributed by atoms with Crippen molar-refractivity contribution in [1.82, 2.24) is 9.80 Å². The van der Waals surface area contributed by atoms with Gasteiger partial charge in [-0.05, 0) is 80.6 Å². The number of phenolic OH excluding ortho intramolecular Hbond substituents is 1. The van der Waals surface area contributed by atoms with E-state index in [-0.39, 0.29) is 42.4 Å². The number of hydrogen-bond acceptors (Lipinski definition) is 8. The predicted octanol–water partition coefficient (Wildman–Crippen LogP) is 3.88. The van der Waals surface area contributed by atoms with Gasteiger partial charge in [-0.1, -0.05) is 12.1 Å². The van der Waals surface area contributed by atoms with Crippen molar-refractivity contribution in [2.24, 2.45) is 0 Å². The van der Waals surface area contributed by atoms with Crippen molar-refractivity contribution in [3.8, 4) is 17.6 Å². The van der Waals surface area contributed by atoms with E-state index in [2.05, 4.69) is 11.0 Å². The molecule has 2 bridgehead atoms. The number of amides is 1. The fourth-order valence-electron chi connectivity index (χ4n) is 5.29. The number of nitrogens with zero attached hydrogens (tertiary/aromatic N) is 3. The Morgan fingerprint density at radius 2 is 1.74 bits per heavy atom. The molecule has 2 aromatic rings. The molecule has 2 heterocycles. The van der Waals surface area contributed by atoms with Crippen LogP contribution in [0.15, 0.2) is 48.5 Å². The highest BCUT2D eigenvalue weighted by molar-refractivity contribution is 7.90. The normalized spacial score (nSPS) is 20.1. The first-order valence-corrected chi connectivity index (χ1v) is 15.1. The predicted molar refractivity (Wildman–Crippen MR) is 143 cm³/mol. The van der Waals surface area contributed by atoms with Crippen LogP contribution < -0.4 is 4.74 Å². The van der Waals surface area contributed by atoms with Gasteiger partial charge in [0, 0.05) is 31.4 Å². The second-order valence-electron chi connectivity index (χ2n) is 10.1. The number of phenols is 1. The lowest BCUT2D eigenvalue weighted by Gasteiger charge is -2.40. The Bertz CT molecular complexity index is 1210. The second kappa shape index (κ2) is 12.5. The number of aromatic hydroxyl groups is 1. The topological polar surface area (TPSA) is 120 Å². The van der Waals surface area contributed by atoms with Crippen molar-refractivity contribution in [2.45, 2.75) is 50.3 Å². The molecule has 3 unspecified atom stereocenters. The molecule has 38 heavy (non-hydrogen) atoms. The molecule has 0 spiro atoms. The van der Waals surface area contributed by atoms with E-state index in [1.54, 1.807) is 41.3 Å². The number of hydrogen-bond donors (Lipinski definition) is 1. The summed E-state index contributed by atoms with van der Waals surface area (Å²) in [5.74, 6) is 0.861. The minimum atomic E-state index is -3.06. The molecule has 1 amide bonds. The lowest BCUT2D eigenvalue weighted by atomic mass is 10.0. The molecule has 1 N–H and O–H groups in total. The molecule has 3 atom stereocenters. The third-order valence-electron chi connectivity index (χ3n) is 7.19. The van der Waals surface area contributed by atoms with Gasteiger partial charge < -0.3 is 19.5 Å². The van der Waals surface area contributed by atoms with Crippen molar-refractivity contribution >= 4 is 15.9 Å². The Morgan fingerprint density at radius 1 is 1.08 bits per heavy atom. The van der Waals surface area contributed by atoms with Crippen molar-refractivity contribution in [1.29, 1.82) is 5.26 Å². The SMILES string of the molecule is CS(=O)(=O)CCCOC(=O)N1CC2CCC(C1)N2CCCC(Oc1ccc(O)cc1)c1ccc(C#N)cc1. The lowest BCUT2D eigenvalue weighted by molar-refractivity contribution is 0.0435. The summed E-state index contributed by atoms with van der Waals surface area (Å²) in [6.07, 6.45) is 4.66. The molecular weight excluding hydrogens is 506 g/mol. The number of rotatable bonds is 11. The summed E-state index contributed by atoms with van der Waals surface area (Å²) >= 11 is 0. The first-order valence-electron chi connectivity index (χ1n) is 13.0. The van der Waals surface area contributed by atoms with Crippen LogP contribution >= 0.6 is 0 Å². The van der Waals surface area contributed by atoms with Gasteiger partial charge >= 0.3 is 6.09 Å². The van der Waals surface area contributed by atoms with Crippen LogP contribution in [0.25, 0.3) is 0 Å². The van der Waals surface area contributed by atoms with Gasteiger partial charge in [-0.15, -0.1) is 0 Å². The number of likely N-dealkylation sites (tertiary alicyclic amines) is 1. The summed E-state index contributed by atoms with van der Waals surface area (Å²) in [5, 5.41) is 18.7. The summed E-state index contributed by atoms with van der Waals surface area (Å²) < 4.78 is 34.1. The Hall–Kier alpha value is -3.29. The van der Waals surface area contributed by atoms with Crippen molar-refractivity contribution in [2.75, 3.05) is 38.2 Å². The molecule has 9 nitrogen and oxygen atoms in total. The number of piperazine rings is 1. The van der Waals surface area contributed by atoms with E-state index >= 15 is 0 Å². The van der Waals surface area contributed by atoms with Crippen LogP contribution in [0.3, 0.4) is 0 Å². The van der Waals surface area contributed by atoms with Gasteiger partial charge in [-0.2, -0.15) is 5.26 Å². The zero-order valence-corrected chi connectivity index (χ0v) is 22.5.